The number of ketones is 1. The summed E-state index contributed by atoms with van der Waals surface area (Å²) >= 11 is 1.34. The smallest absolute Gasteiger partial charge is 0.410 e. The first-order valence-corrected chi connectivity index (χ1v) is 9.59. The maximum absolute atomic E-state index is 11.5. The first-order valence-electron chi connectivity index (χ1n) is 8.77. The molecule has 1 aromatic heterocycles. The van der Waals surface area contributed by atoms with Gasteiger partial charge in [0.2, 0.25) is 0 Å². The summed E-state index contributed by atoms with van der Waals surface area (Å²) in [5.74, 6) is -0.0174. The van der Waals surface area contributed by atoms with E-state index < -0.39 is 0 Å². The van der Waals surface area contributed by atoms with Gasteiger partial charge in [0.25, 0.3) is 0 Å². The lowest BCUT2D eigenvalue weighted by Gasteiger charge is -2.14. The molecular formula is C21H24N2O3S. The quantitative estimate of drug-likeness (QED) is 0.677. The summed E-state index contributed by atoms with van der Waals surface area (Å²) in [7, 11) is 0. The highest BCUT2D eigenvalue weighted by molar-refractivity contribution is 7.14. The lowest BCUT2D eigenvalue weighted by atomic mass is 10.2. The van der Waals surface area contributed by atoms with Crippen LogP contribution < -0.4 is 0 Å². The standard InChI is InChI=1S/C12H15NO2.C9H9NOS/c14-12(13-8-4-5-9-13)15-10-11-6-2-1-3-7-11;1-4-7-8(5-2)12-9(10-7)6(3)11/h1-3,6-7H,4-5,8-10H2;4-5H,1-2H2,3H3. The van der Waals surface area contributed by atoms with Crippen molar-refractivity contribution in [1.29, 1.82) is 0 Å². The Bertz CT molecular complexity index is 768. The molecule has 0 aliphatic carbocycles. The number of ether oxygens (including phenoxy) is 1. The van der Waals surface area contributed by atoms with Crippen LogP contribution in [0.15, 0.2) is 43.5 Å². The summed E-state index contributed by atoms with van der Waals surface area (Å²) < 4.78 is 5.20. The molecule has 0 N–H and O–H groups in total. The lowest BCUT2D eigenvalue weighted by Crippen LogP contribution is -2.28. The molecule has 3 rings (SSSR count). The lowest BCUT2D eigenvalue weighted by molar-refractivity contribution is 0.101. The van der Waals surface area contributed by atoms with E-state index >= 15 is 0 Å². The molecule has 1 aromatic carbocycles. The molecule has 1 fully saturated rings. The van der Waals surface area contributed by atoms with Gasteiger partial charge in [-0.25, -0.2) is 9.78 Å². The van der Waals surface area contributed by atoms with Crippen LogP contribution >= 0.6 is 11.3 Å². The number of rotatable bonds is 5. The minimum Gasteiger partial charge on any atom is -0.445 e. The predicted octanol–water partition coefficient (Wildman–Crippen LogP) is 5.05. The van der Waals surface area contributed by atoms with Gasteiger partial charge in [-0.1, -0.05) is 43.5 Å². The highest BCUT2D eigenvalue weighted by atomic mass is 32.1. The molecule has 2 aromatic rings. The van der Waals surface area contributed by atoms with Gasteiger partial charge < -0.3 is 9.64 Å². The molecule has 0 spiro atoms. The third kappa shape index (κ3) is 6.18. The molecule has 5 nitrogen and oxygen atoms in total. The van der Waals surface area contributed by atoms with Gasteiger partial charge in [-0.15, -0.1) is 11.3 Å². The molecule has 0 saturated carbocycles. The van der Waals surface area contributed by atoms with Crippen LogP contribution in [0.4, 0.5) is 4.79 Å². The van der Waals surface area contributed by atoms with Crippen molar-refractivity contribution in [3.8, 4) is 0 Å². The predicted molar refractivity (Wildman–Crippen MR) is 110 cm³/mol. The SMILES string of the molecule is C=Cc1nc(C(C)=O)sc1C=C.O=C(OCc1ccccc1)N1CCCC1. The third-order valence-electron chi connectivity index (χ3n) is 3.93. The number of aromatic nitrogens is 1. The fourth-order valence-electron chi connectivity index (χ4n) is 2.50. The van der Waals surface area contributed by atoms with Crippen molar-refractivity contribution in [2.45, 2.75) is 26.4 Å². The Morgan fingerprint density at radius 2 is 1.85 bits per heavy atom. The topological polar surface area (TPSA) is 59.5 Å². The van der Waals surface area contributed by atoms with Gasteiger partial charge in [0.15, 0.2) is 10.8 Å². The van der Waals surface area contributed by atoms with Crippen molar-refractivity contribution >= 4 is 35.4 Å². The van der Waals surface area contributed by atoms with Crippen LogP contribution in [0.2, 0.25) is 0 Å². The maximum atomic E-state index is 11.5. The fraction of sp³-hybridized carbons (Fsp3) is 0.286. The Balaban J connectivity index is 0.000000199. The van der Waals surface area contributed by atoms with E-state index in [0.717, 1.165) is 42.1 Å². The molecular weight excluding hydrogens is 360 g/mol. The second-order valence-electron chi connectivity index (χ2n) is 5.97. The minimum atomic E-state index is -0.184. The average Bonchev–Trinajstić information content (AvgIpc) is 3.37. The summed E-state index contributed by atoms with van der Waals surface area (Å²) in [6.07, 6.45) is 5.32. The highest BCUT2D eigenvalue weighted by Gasteiger charge is 2.18. The van der Waals surface area contributed by atoms with Gasteiger partial charge >= 0.3 is 6.09 Å². The normalized spacial score (nSPS) is 12.7. The van der Waals surface area contributed by atoms with Crippen molar-refractivity contribution in [3.05, 3.63) is 64.6 Å². The van der Waals surface area contributed by atoms with Gasteiger partial charge in [-0.3, -0.25) is 4.79 Å². The molecule has 0 unspecified atom stereocenters. The molecule has 1 aliphatic rings. The summed E-state index contributed by atoms with van der Waals surface area (Å²) in [6, 6.07) is 9.75. The van der Waals surface area contributed by atoms with Crippen molar-refractivity contribution in [2.24, 2.45) is 0 Å². The van der Waals surface area contributed by atoms with Gasteiger partial charge in [-0.2, -0.15) is 0 Å². The van der Waals surface area contributed by atoms with E-state index in [-0.39, 0.29) is 11.9 Å². The van der Waals surface area contributed by atoms with Crippen molar-refractivity contribution in [3.63, 3.8) is 0 Å². The average molecular weight is 385 g/mol. The van der Waals surface area contributed by atoms with E-state index in [1.807, 2.05) is 30.3 Å². The monoisotopic (exact) mass is 384 g/mol. The molecule has 1 aliphatic heterocycles. The van der Waals surface area contributed by atoms with E-state index in [1.165, 1.54) is 18.3 Å². The summed E-state index contributed by atoms with van der Waals surface area (Å²) in [6.45, 7) is 10.8. The van der Waals surface area contributed by atoms with Crippen molar-refractivity contribution < 1.29 is 14.3 Å². The molecule has 0 bridgehead atoms. The van der Waals surface area contributed by atoms with Gasteiger partial charge in [-0.05, 0) is 30.6 Å². The number of carbonyl (C=O) groups excluding carboxylic acids is 2. The summed E-state index contributed by atoms with van der Waals surface area (Å²) in [5.41, 5.74) is 1.77. The summed E-state index contributed by atoms with van der Waals surface area (Å²) in [4.78, 5) is 29.2. The van der Waals surface area contributed by atoms with Crippen molar-refractivity contribution in [1.82, 2.24) is 9.88 Å². The molecule has 0 radical (unpaired) electrons. The van der Waals surface area contributed by atoms with Gasteiger partial charge in [0, 0.05) is 20.0 Å². The van der Waals surface area contributed by atoms with Crippen molar-refractivity contribution in [2.75, 3.05) is 13.1 Å². The maximum Gasteiger partial charge on any atom is 0.410 e. The van der Waals surface area contributed by atoms with E-state index in [4.69, 9.17) is 4.74 Å². The van der Waals surface area contributed by atoms with E-state index in [9.17, 15) is 9.59 Å². The number of Topliss-reactive ketones (excluding diaryl/α,β-unsaturated/α-hetero) is 1. The number of amides is 1. The van der Waals surface area contributed by atoms with Gasteiger partial charge in [0.1, 0.15) is 6.61 Å². The molecule has 2 heterocycles. The number of benzene rings is 1. The number of thiazole rings is 1. The number of nitrogens with zero attached hydrogens (tertiary/aromatic N) is 2. The van der Waals surface area contributed by atoms with Crippen LogP contribution in [0.1, 0.15) is 45.7 Å². The Labute approximate surface area is 164 Å². The molecule has 1 amide bonds. The second kappa shape index (κ2) is 10.4. The third-order valence-corrected chi connectivity index (χ3v) is 5.10. The van der Waals surface area contributed by atoms with Crippen LogP contribution in [0.5, 0.6) is 0 Å². The van der Waals surface area contributed by atoms with Crippen LogP contribution in [-0.4, -0.2) is 34.8 Å². The number of hydrogen-bond acceptors (Lipinski definition) is 5. The molecule has 1 saturated heterocycles. The summed E-state index contributed by atoms with van der Waals surface area (Å²) in [5, 5.41) is 0.514. The van der Waals surface area contributed by atoms with Crippen LogP contribution in [-0.2, 0) is 11.3 Å². The Morgan fingerprint density at radius 3 is 2.37 bits per heavy atom. The van der Waals surface area contributed by atoms with Crippen LogP contribution in [0, 0.1) is 0 Å². The molecule has 6 heteroatoms. The zero-order valence-electron chi connectivity index (χ0n) is 15.5. The Kier molecular flexibility index (Phi) is 7.95. The van der Waals surface area contributed by atoms with E-state index in [0.29, 0.717) is 11.6 Å². The van der Waals surface area contributed by atoms with Gasteiger partial charge in [0.05, 0.1) is 10.6 Å². The fourth-order valence-corrected chi connectivity index (χ4v) is 3.31. The number of carbonyl (C=O) groups is 2. The Morgan fingerprint density at radius 1 is 1.19 bits per heavy atom. The van der Waals surface area contributed by atoms with E-state index in [2.05, 4.69) is 18.1 Å². The number of likely N-dealkylation sites (tertiary alicyclic amines) is 1. The zero-order valence-corrected chi connectivity index (χ0v) is 16.3. The molecule has 27 heavy (non-hydrogen) atoms. The largest absolute Gasteiger partial charge is 0.445 e. The Hall–Kier alpha value is -2.73. The minimum absolute atomic E-state index is 0.0174. The van der Waals surface area contributed by atoms with Crippen LogP contribution in [0.3, 0.4) is 0 Å². The zero-order chi connectivity index (χ0) is 19.6. The second-order valence-corrected chi connectivity index (χ2v) is 7.00. The number of hydrogen-bond donors (Lipinski definition) is 0. The first-order chi connectivity index (χ1) is 13.0. The van der Waals surface area contributed by atoms with E-state index in [1.54, 1.807) is 17.1 Å². The molecule has 0 atom stereocenters. The highest BCUT2D eigenvalue weighted by Crippen LogP contribution is 2.20. The van der Waals surface area contributed by atoms with Crippen LogP contribution in [0.25, 0.3) is 12.2 Å². The molecule has 142 valence electrons. The first kappa shape index (κ1) is 20.6.